The second kappa shape index (κ2) is 9.64. The van der Waals surface area contributed by atoms with Crippen LogP contribution in [0.4, 0.5) is 0 Å². The Morgan fingerprint density at radius 1 is 1.12 bits per heavy atom. The molecule has 170 valence electrons. The predicted molar refractivity (Wildman–Crippen MR) is 128 cm³/mol. The van der Waals surface area contributed by atoms with Crippen molar-refractivity contribution in [3.8, 4) is 28.5 Å². The van der Waals surface area contributed by atoms with Crippen LogP contribution in [0.1, 0.15) is 10.6 Å². The van der Waals surface area contributed by atoms with E-state index in [-0.39, 0.29) is 12.7 Å². The number of ether oxygens (including phenoxy) is 3. The number of fused-ring (bicyclic) bond motifs is 1. The third kappa shape index (κ3) is 5.02. The Hall–Kier alpha value is -3.36. The predicted octanol–water partition coefficient (Wildman–Crippen LogP) is 3.91. The van der Waals surface area contributed by atoms with Gasteiger partial charge in [0.1, 0.15) is 10.8 Å². The molecule has 8 heteroatoms. The lowest BCUT2D eigenvalue weighted by atomic mass is 10.2. The molecular formula is C25H25N3O4S. The van der Waals surface area contributed by atoms with Gasteiger partial charge in [0, 0.05) is 43.2 Å². The van der Waals surface area contributed by atoms with Gasteiger partial charge in [0.2, 0.25) is 12.7 Å². The number of thiazole rings is 1. The maximum Gasteiger partial charge on any atom is 0.246 e. The van der Waals surface area contributed by atoms with Crippen LogP contribution in [-0.2, 0) is 11.3 Å². The summed E-state index contributed by atoms with van der Waals surface area (Å²) in [7, 11) is 1.67. The molecular weight excluding hydrogens is 438 g/mol. The third-order valence-electron chi connectivity index (χ3n) is 5.78. The van der Waals surface area contributed by atoms with E-state index in [0.717, 1.165) is 58.7 Å². The van der Waals surface area contributed by atoms with Crippen molar-refractivity contribution in [2.24, 2.45) is 0 Å². The number of carbonyl (C=O) groups excluding carboxylic acids is 1. The van der Waals surface area contributed by atoms with Crippen molar-refractivity contribution in [2.75, 3.05) is 40.1 Å². The summed E-state index contributed by atoms with van der Waals surface area (Å²) in [4.78, 5) is 21.7. The van der Waals surface area contributed by atoms with Crippen LogP contribution in [0.3, 0.4) is 0 Å². The van der Waals surface area contributed by atoms with Gasteiger partial charge in [-0.2, -0.15) is 0 Å². The molecule has 0 aliphatic carbocycles. The Kier molecular flexibility index (Phi) is 6.28. The van der Waals surface area contributed by atoms with Crippen molar-refractivity contribution in [3.05, 3.63) is 64.5 Å². The minimum atomic E-state index is 0.0295. The van der Waals surface area contributed by atoms with Crippen molar-refractivity contribution in [1.82, 2.24) is 14.8 Å². The number of hydrogen-bond donors (Lipinski definition) is 0. The summed E-state index contributed by atoms with van der Waals surface area (Å²) < 4.78 is 16.0. The first-order valence-corrected chi connectivity index (χ1v) is 11.7. The highest BCUT2D eigenvalue weighted by atomic mass is 32.1. The molecule has 0 N–H and O–H groups in total. The summed E-state index contributed by atoms with van der Waals surface area (Å²) in [5.41, 5.74) is 2.94. The first-order valence-electron chi connectivity index (χ1n) is 10.9. The maximum absolute atomic E-state index is 12.6. The molecule has 2 aliphatic rings. The van der Waals surface area contributed by atoms with Crippen LogP contribution in [0.25, 0.3) is 17.3 Å². The van der Waals surface area contributed by atoms with E-state index in [2.05, 4.69) is 10.3 Å². The Balaban J connectivity index is 1.13. The van der Waals surface area contributed by atoms with Gasteiger partial charge in [0.15, 0.2) is 11.5 Å². The molecule has 5 rings (SSSR count). The van der Waals surface area contributed by atoms with E-state index in [0.29, 0.717) is 13.1 Å². The first kappa shape index (κ1) is 21.5. The van der Waals surface area contributed by atoms with Crippen molar-refractivity contribution in [1.29, 1.82) is 0 Å². The van der Waals surface area contributed by atoms with Crippen LogP contribution in [0, 0.1) is 0 Å². The molecule has 1 fully saturated rings. The quantitative estimate of drug-likeness (QED) is 0.517. The monoisotopic (exact) mass is 463 g/mol. The number of aromatic nitrogens is 1. The van der Waals surface area contributed by atoms with E-state index in [1.807, 2.05) is 53.4 Å². The number of nitrogens with zero attached hydrogens (tertiary/aromatic N) is 3. The smallest absolute Gasteiger partial charge is 0.246 e. The molecule has 0 radical (unpaired) electrons. The largest absolute Gasteiger partial charge is 0.497 e. The van der Waals surface area contributed by atoms with E-state index in [9.17, 15) is 4.79 Å². The van der Waals surface area contributed by atoms with Crippen LogP contribution >= 0.6 is 11.3 Å². The average molecular weight is 464 g/mol. The Morgan fingerprint density at radius 3 is 2.82 bits per heavy atom. The fraction of sp³-hybridized carbons (Fsp3) is 0.280. The molecule has 2 aliphatic heterocycles. The Bertz CT molecular complexity index is 1170. The lowest BCUT2D eigenvalue weighted by Crippen LogP contribution is -2.47. The van der Waals surface area contributed by atoms with Gasteiger partial charge < -0.3 is 19.1 Å². The van der Waals surface area contributed by atoms with Gasteiger partial charge in [0.25, 0.3) is 0 Å². The molecule has 1 aromatic heterocycles. The number of piperazine rings is 1. The van der Waals surface area contributed by atoms with E-state index in [1.54, 1.807) is 24.5 Å². The number of hydrogen-bond acceptors (Lipinski definition) is 7. The number of methoxy groups -OCH3 is 1. The lowest BCUT2D eigenvalue weighted by Gasteiger charge is -2.33. The summed E-state index contributed by atoms with van der Waals surface area (Å²) in [6.07, 6.45) is 3.46. The summed E-state index contributed by atoms with van der Waals surface area (Å²) in [6.45, 7) is 4.12. The number of amides is 1. The van der Waals surface area contributed by atoms with Crippen molar-refractivity contribution >= 4 is 23.3 Å². The zero-order valence-electron chi connectivity index (χ0n) is 18.4. The summed E-state index contributed by atoms with van der Waals surface area (Å²) in [5, 5.41) is 3.17. The highest BCUT2D eigenvalue weighted by Crippen LogP contribution is 2.32. The van der Waals surface area contributed by atoms with Gasteiger partial charge in [-0.3, -0.25) is 9.69 Å². The van der Waals surface area contributed by atoms with Crippen molar-refractivity contribution < 1.29 is 19.0 Å². The van der Waals surface area contributed by atoms with Gasteiger partial charge in [-0.25, -0.2) is 4.98 Å². The lowest BCUT2D eigenvalue weighted by molar-refractivity contribution is -0.127. The molecule has 0 spiro atoms. The molecule has 7 nitrogen and oxygen atoms in total. The van der Waals surface area contributed by atoms with Gasteiger partial charge in [0.05, 0.1) is 19.3 Å². The Labute approximate surface area is 196 Å². The van der Waals surface area contributed by atoms with Crippen molar-refractivity contribution in [2.45, 2.75) is 6.54 Å². The topological polar surface area (TPSA) is 64.1 Å². The zero-order valence-corrected chi connectivity index (χ0v) is 19.2. The SMILES string of the molecule is COc1cccc(-c2csc(CN3CCN(C(=O)/C=C\c4ccc5c(c4)OCO5)CC3)n2)c1. The molecule has 0 bridgehead atoms. The molecule has 1 saturated heterocycles. The molecule has 0 unspecified atom stereocenters. The zero-order chi connectivity index (χ0) is 22.6. The number of carbonyl (C=O) groups is 1. The number of benzene rings is 2. The van der Waals surface area contributed by atoms with Crippen molar-refractivity contribution in [3.63, 3.8) is 0 Å². The Morgan fingerprint density at radius 2 is 1.97 bits per heavy atom. The van der Waals surface area contributed by atoms with Crippen LogP contribution in [0.5, 0.6) is 17.2 Å². The molecule has 1 amide bonds. The van der Waals surface area contributed by atoms with Crippen LogP contribution in [0.2, 0.25) is 0 Å². The molecule has 0 atom stereocenters. The fourth-order valence-electron chi connectivity index (χ4n) is 3.91. The summed E-state index contributed by atoms with van der Waals surface area (Å²) in [6, 6.07) is 13.6. The van der Waals surface area contributed by atoms with Crippen LogP contribution in [0.15, 0.2) is 53.9 Å². The minimum Gasteiger partial charge on any atom is -0.497 e. The first-order chi connectivity index (χ1) is 16.2. The van der Waals surface area contributed by atoms with E-state index in [1.165, 1.54) is 0 Å². The second-order valence-corrected chi connectivity index (χ2v) is 8.85. The van der Waals surface area contributed by atoms with E-state index in [4.69, 9.17) is 19.2 Å². The maximum atomic E-state index is 12.6. The normalized spacial score (nSPS) is 15.8. The van der Waals surface area contributed by atoms with Crippen LogP contribution in [-0.4, -0.2) is 60.8 Å². The number of rotatable bonds is 6. The summed E-state index contributed by atoms with van der Waals surface area (Å²) in [5.74, 6) is 2.32. The van der Waals surface area contributed by atoms with Crippen LogP contribution < -0.4 is 14.2 Å². The molecule has 3 aromatic rings. The third-order valence-corrected chi connectivity index (χ3v) is 6.61. The van der Waals surface area contributed by atoms with Gasteiger partial charge >= 0.3 is 0 Å². The van der Waals surface area contributed by atoms with Gasteiger partial charge in [-0.05, 0) is 35.9 Å². The average Bonchev–Trinajstić information content (AvgIpc) is 3.52. The molecule has 2 aromatic carbocycles. The highest BCUT2D eigenvalue weighted by molar-refractivity contribution is 7.09. The minimum absolute atomic E-state index is 0.0295. The summed E-state index contributed by atoms with van der Waals surface area (Å²) >= 11 is 1.67. The molecule has 3 heterocycles. The highest BCUT2D eigenvalue weighted by Gasteiger charge is 2.21. The molecule has 33 heavy (non-hydrogen) atoms. The molecule has 0 saturated carbocycles. The fourth-order valence-corrected chi connectivity index (χ4v) is 4.75. The van der Waals surface area contributed by atoms with Gasteiger partial charge in [-0.15, -0.1) is 11.3 Å². The van der Waals surface area contributed by atoms with E-state index < -0.39 is 0 Å². The second-order valence-electron chi connectivity index (χ2n) is 7.91. The standard InChI is InChI=1S/C25H25N3O4S/c1-30-20-4-2-3-19(14-20)21-16-33-24(26-21)15-27-9-11-28(12-10-27)25(29)8-6-18-5-7-22-23(13-18)32-17-31-22/h2-8,13-14,16H,9-12,15,17H2,1H3/b8-6-. The van der Waals surface area contributed by atoms with E-state index >= 15 is 0 Å². The van der Waals surface area contributed by atoms with Gasteiger partial charge in [-0.1, -0.05) is 18.2 Å².